The Morgan fingerprint density at radius 3 is 2.74 bits per heavy atom. The highest BCUT2D eigenvalue weighted by Gasteiger charge is 2.33. The molecule has 4 heterocycles. The number of pyridine rings is 2. The largest absolute Gasteiger partial charge is 0.390 e. The zero-order valence-electron chi connectivity index (χ0n) is 21.1. The maximum absolute atomic E-state index is 10.6. The Morgan fingerprint density at radius 2 is 1.97 bits per heavy atom. The SMILES string of the molecule is CN(C)[C@@H]1CCN(c2cccc3nc(CN(CC4CC4)[C@H]4CCCc5cccnc54)c(CO)n23)C1. The molecule has 2 aliphatic carbocycles. The van der Waals surface area contributed by atoms with Crippen molar-refractivity contribution >= 4 is 11.5 Å². The number of rotatable bonds is 8. The molecule has 0 bridgehead atoms. The van der Waals surface area contributed by atoms with Gasteiger partial charge >= 0.3 is 0 Å². The second-order valence-corrected chi connectivity index (χ2v) is 10.9. The van der Waals surface area contributed by atoms with Crippen molar-refractivity contribution in [3.63, 3.8) is 0 Å². The van der Waals surface area contributed by atoms with Gasteiger partial charge < -0.3 is 14.9 Å². The van der Waals surface area contributed by atoms with E-state index in [2.05, 4.69) is 63.5 Å². The van der Waals surface area contributed by atoms with Crippen LogP contribution in [0.3, 0.4) is 0 Å². The molecule has 0 aromatic carbocycles. The fourth-order valence-corrected chi connectivity index (χ4v) is 6.16. The van der Waals surface area contributed by atoms with E-state index in [9.17, 15) is 5.11 Å². The fourth-order valence-electron chi connectivity index (χ4n) is 6.16. The predicted molar refractivity (Wildman–Crippen MR) is 138 cm³/mol. The molecular formula is C28H38N6O. The van der Waals surface area contributed by atoms with Gasteiger partial charge in [0.05, 0.1) is 29.7 Å². The van der Waals surface area contributed by atoms with Gasteiger partial charge in [0.2, 0.25) is 0 Å². The van der Waals surface area contributed by atoms with Crippen molar-refractivity contribution in [2.24, 2.45) is 5.92 Å². The molecule has 1 aliphatic heterocycles. The first-order chi connectivity index (χ1) is 17.1. The third-order valence-electron chi connectivity index (χ3n) is 8.32. The quantitative estimate of drug-likeness (QED) is 0.538. The summed E-state index contributed by atoms with van der Waals surface area (Å²) in [6.45, 7) is 3.87. The summed E-state index contributed by atoms with van der Waals surface area (Å²) in [5.74, 6) is 1.93. The molecule has 2 fully saturated rings. The molecule has 0 unspecified atom stereocenters. The monoisotopic (exact) mass is 474 g/mol. The van der Waals surface area contributed by atoms with E-state index in [4.69, 9.17) is 9.97 Å². The molecule has 0 amide bonds. The topological polar surface area (TPSA) is 60.1 Å². The molecule has 0 spiro atoms. The molecule has 7 nitrogen and oxygen atoms in total. The molecule has 1 saturated heterocycles. The Morgan fingerprint density at radius 1 is 1.09 bits per heavy atom. The van der Waals surface area contributed by atoms with Crippen molar-refractivity contribution in [1.82, 2.24) is 24.2 Å². The Balaban J connectivity index is 1.35. The van der Waals surface area contributed by atoms with Crippen LogP contribution in [0.5, 0.6) is 0 Å². The summed E-state index contributed by atoms with van der Waals surface area (Å²) in [5, 5.41) is 10.6. The number of aryl methyl sites for hydroxylation is 1. The lowest BCUT2D eigenvalue weighted by Gasteiger charge is -2.35. The Bertz CT molecular complexity index is 1190. The number of fused-ring (bicyclic) bond motifs is 2. The molecule has 35 heavy (non-hydrogen) atoms. The minimum absolute atomic E-state index is 0.00473. The first-order valence-electron chi connectivity index (χ1n) is 13.3. The molecule has 3 aromatic rings. The number of aliphatic hydroxyl groups is 1. The highest BCUT2D eigenvalue weighted by atomic mass is 16.3. The van der Waals surface area contributed by atoms with E-state index in [1.807, 2.05) is 6.20 Å². The van der Waals surface area contributed by atoms with Crippen LogP contribution in [0, 0.1) is 5.92 Å². The standard InChI is InChI=1S/C28H38N6O/c1-31(2)22-13-15-32(17-22)27-10-4-9-26-30-23(25(19-35)34(26)27)18-33(16-20-11-12-20)24-8-3-6-21-7-5-14-29-28(21)24/h4-5,7,9-10,14,20,22,24,35H,3,6,8,11-13,15-19H2,1-2H3/t22-,24+/m1/s1. The van der Waals surface area contributed by atoms with Gasteiger partial charge in [-0.15, -0.1) is 0 Å². The first-order valence-corrected chi connectivity index (χ1v) is 13.3. The van der Waals surface area contributed by atoms with Crippen molar-refractivity contribution in [2.45, 2.75) is 63.8 Å². The zero-order valence-corrected chi connectivity index (χ0v) is 21.1. The summed E-state index contributed by atoms with van der Waals surface area (Å²) in [7, 11) is 4.33. The molecule has 186 valence electrons. The van der Waals surface area contributed by atoms with E-state index in [0.717, 1.165) is 74.2 Å². The van der Waals surface area contributed by atoms with Crippen LogP contribution in [0.2, 0.25) is 0 Å². The van der Waals surface area contributed by atoms with Crippen molar-refractivity contribution in [1.29, 1.82) is 0 Å². The number of hydrogen-bond acceptors (Lipinski definition) is 6. The maximum Gasteiger partial charge on any atom is 0.138 e. The van der Waals surface area contributed by atoms with E-state index in [-0.39, 0.29) is 6.61 Å². The molecular weight excluding hydrogens is 436 g/mol. The van der Waals surface area contributed by atoms with Crippen LogP contribution >= 0.6 is 0 Å². The summed E-state index contributed by atoms with van der Waals surface area (Å²) in [6.07, 6.45) is 9.21. The normalized spacial score (nSPS) is 22.5. The molecule has 1 saturated carbocycles. The summed E-state index contributed by atoms with van der Waals surface area (Å²) in [5.41, 5.74) is 5.52. The van der Waals surface area contributed by atoms with Crippen LogP contribution in [0.4, 0.5) is 5.82 Å². The number of hydrogen-bond donors (Lipinski definition) is 1. The number of aliphatic hydroxyl groups excluding tert-OH is 1. The average Bonchev–Trinajstić information content (AvgIpc) is 3.41. The van der Waals surface area contributed by atoms with Gasteiger partial charge in [0.15, 0.2) is 0 Å². The zero-order chi connectivity index (χ0) is 23.9. The Labute approximate surface area is 208 Å². The first kappa shape index (κ1) is 23.0. The summed E-state index contributed by atoms with van der Waals surface area (Å²) in [4.78, 5) is 17.3. The third kappa shape index (κ3) is 4.46. The van der Waals surface area contributed by atoms with Gasteiger partial charge in [-0.3, -0.25) is 14.3 Å². The number of likely N-dealkylation sites (N-methyl/N-ethyl adjacent to an activating group) is 1. The molecule has 3 aromatic heterocycles. The predicted octanol–water partition coefficient (Wildman–Crippen LogP) is 3.65. The van der Waals surface area contributed by atoms with E-state index in [1.165, 1.54) is 30.5 Å². The van der Waals surface area contributed by atoms with E-state index in [0.29, 0.717) is 12.1 Å². The Hall–Kier alpha value is -2.48. The summed E-state index contributed by atoms with van der Waals surface area (Å²) in [6, 6.07) is 11.6. The van der Waals surface area contributed by atoms with Crippen molar-refractivity contribution < 1.29 is 5.11 Å². The lowest BCUT2D eigenvalue weighted by Crippen LogP contribution is -2.34. The second kappa shape index (κ2) is 9.52. The lowest BCUT2D eigenvalue weighted by molar-refractivity contribution is 0.155. The van der Waals surface area contributed by atoms with Gasteiger partial charge in [0.25, 0.3) is 0 Å². The number of anilines is 1. The van der Waals surface area contributed by atoms with Crippen LogP contribution < -0.4 is 4.90 Å². The van der Waals surface area contributed by atoms with Gasteiger partial charge in [-0.2, -0.15) is 0 Å². The van der Waals surface area contributed by atoms with Crippen LogP contribution in [0.1, 0.15) is 60.8 Å². The van der Waals surface area contributed by atoms with Crippen LogP contribution in [-0.2, 0) is 19.6 Å². The maximum atomic E-state index is 10.6. The number of aromatic nitrogens is 3. The van der Waals surface area contributed by atoms with E-state index < -0.39 is 0 Å². The minimum Gasteiger partial charge on any atom is -0.390 e. The van der Waals surface area contributed by atoms with E-state index in [1.54, 1.807) is 0 Å². The van der Waals surface area contributed by atoms with Crippen molar-refractivity contribution in [3.8, 4) is 0 Å². The lowest BCUT2D eigenvalue weighted by atomic mass is 9.90. The van der Waals surface area contributed by atoms with Crippen molar-refractivity contribution in [2.75, 3.05) is 38.6 Å². The van der Waals surface area contributed by atoms with Crippen molar-refractivity contribution in [3.05, 3.63) is 59.2 Å². The molecule has 7 heteroatoms. The van der Waals surface area contributed by atoms with Gasteiger partial charge in [-0.1, -0.05) is 12.1 Å². The molecule has 1 N–H and O–H groups in total. The second-order valence-electron chi connectivity index (χ2n) is 10.9. The minimum atomic E-state index is -0.00473. The third-order valence-corrected chi connectivity index (χ3v) is 8.32. The van der Waals surface area contributed by atoms with Gasteiger partial charge in [0, 0.05) is 38.4 Å². The van der Waals surface area contributed by atoms with Gasteiger partial charge in [-0.05, 0) is 82.3 Å². The van der Waals surface area contributed by atoms with Gasteiger partial charge in [0.1, 0.15) is 11.5 Å². The average molecular weight is 475 g/mol. The van der Waals surface area contributed by atoms with Gasteiger partial charge in [-0.25, -0.2) is 4.98 Å². The smallest absolute Gasteiger partial charge is 0.138 e. The van der Waals surface area contributed by atoms with Crippen LogP contribution in [-0.4, -0.2) is 69.0 Å². The Kier molecular flexibility index (Phi) is 6.25. The number of imidazole rings is 1. The molecule has 3 aliphatic rings. The highest BCUT2D eigenvalue weighted by Crippen LogP contribution is 2.38. The van der Waals surface area contributed by atoms with Crippen LogP contribution in [0.15, 0.2) is 36.5 Å². The van der Waals surface area contributed by atoms with E-state index >= 15 is 0 Å². The molecule has 6 rings (SSSR count). The van der Waals surface area contributed by atoms with Crippen LogP contribution in [0.25, 0.3) is 5.65 Å². The summed E-state index contributed by atoms with van der Waals surface area (Å²) >= 11 is 0. The highest BCUT2D eigenvalue weighted by molar-refractivity contribution is 5.55. The summed E-state index contributed by atoms with van der Waals surface area (Å²) < 4.78 is 2.20. The molecule has 0 radical (unpaired) electrons. The number of nitrogens with zero attached hydrogens (tertiary/aromatic N) is 6. The fraction of sp³-hybridized carbons (Fsp3) is 0.571. The molecule has 2 atom stereocenters.